The van der Waals surface area contributed by atoms with E-state index in [1.54, 1.807) is 11.9 Å². The van der Waals surface area contributed by atoms with Crippen molar-refractivity contribution in [2.45, 2.75) is 45.2 Å². The number of amides is 2. The molecule has 0 spiro atoms. The quantitative estimate of drug-likeness (QED) is 0.718. The summed E-state index contributed by atoms with van der Waals surface area (Å²) in [5.74, 6) is 0.0201. The van der Waals surface area contributed by atoms with E-state index in [1.165, 1.54) is 0 Å². The molecule has 1 unspecified atom stereocenters. The molecular weight excluding hydrogens is 218 g/mol. The maximum atomic E-state index is 11.7. The highest BCUT2D eigenvalue weighted by molar-refractivity contribution is 5.85. The summed E-state index contributed by atoms with van der Waals surface area (Å²) in [6.45, 7) is 6.97. The van der Waals surface area contributed by atoms with Crippen LogP contribution in [0.5, 0.6) is 0 Å². The van der Waals surface area contributed by atoms with Crippen LogP contribution in [0, 0.1) is 0 Å². The SMILES string of the molecule is CCC(C)(C)NC(=O)CNC1CCN(C)C1=O. The van der Waals surface area contributed by atoms with Gasteiger partial charge in [0.05, 0.1) is 12.6 Å². The fraction of sp³-hybridized carbons (Fsp3) is 0.833. The maximum Gasteiger partial charge on any atom is 0.239 e. The molecular formula is C12H23N3O2. The van der Waals surface area contributed by atoms with E-state index >= 15 is 0 Å². The summed E-state index contributed by atoms with van der Waals surface area (Å²) < 4.78 is 0. The molecule has 1 rings (SSSR count). The first-order valence-electron chi connectivity index (χ1n) is 6.15. The molecule has 0 aliphatic carbocycles. The minimum absolute atomic E-state index is 0.0563. The second-order valence-electron chi connectivity index (χ2n) is 5.27. The molecule has 0 bridgehead atoms. The van der Waals surface area contributed by atoms with Gasteiger partial charge in [0.25, 0.3) is 0 Å². The lowest BCUT2D eigenvalue weighted by atomic mass is 10.0. The molecule has 5 nitrogen and oxygen atoms in total. The van der Waals surface area contributed by atoms with E-state index in [1.807, 2.05) is 20.8 Å². The predicted octanol–water partition coefficient (Wildman–Crippen LogP) is 0.112. The van der Waals surface area contributed by atoms with E-state index in [9.17, 15) is 9.59 Å². The zero-order chi connectivity index (χ0) is 13.1. The van der Waals surface area contributed by atoms with Gasteiger partial charge in [0.15, 0.2) is 0 Å². The zero-order valence-electron chi connectivity index (χ0n) is 11.2. The standard InChI is InChI=1S/C12H23N3O2/c1-5-12(2,3)14-10(16)8-13-9-6-7-15(4)11(9)17/h9,13H,5-8H2,1-4H3,(H,14,16). The summed E-state index contributed by atoms with van der Waals surface area (Å²) in [6, 6.07) is -0.199. The molecule has 17 heavy (non-hydrogen) atoms. The number of hydrogen-bond acceptors (Lipinski definition) is 3. The molecule has 0 aromatic carbocycles. The summed E-state index contributed by atoms with van der Waals surface area (Å²) in [5, 5.41) is 5.93. The van der Waals surface area contributed by atoms with Crippen LogP contribution in [0.25, 0.3) is 0 Å². The van der Waals surface area contributed by atoms with Gasteiger partial charge in [0.1, 0.15) is 0 Å². The van der Waals surface area contributed by atoms with Crippen molar-refractivity contribution < 1.29 is 9.59 Å². The Bertz CT molecular complexity index is 302. The van der Waals surface area contributed by atoms with E-state index in [4.69, 9.17) is 0 Å². The highest BCUT2D eigenvalue weighted by Crippen LogP contribution is 2.08. The number of carbonyl (C=O) groups is 2. The van der Waals surface area contributed by atoms with Gasteiger partial charge < -0.3 is 10.2 Å². The highest BCUT2D eigenvalue weighted by atomic mass is 16.2. The Morgan fingerprint density at radius 1 is 1.53 bits per heavy atom. The van der Waals surface area contributed by atoms with Gasteiger partial charge in [-0.2, -0.15) is 0 Å². The van der Waals surface area contributed by atoms with Crippen molar-refractivity contribution >= 4 is 11.8 Å². The summed E-state index contributed by atoms with van der Waals surface area (Å²) in [5.41, 5.74) is -0.185. The number of rotatable bonds is 5. The van der Waals surface area contributed by atoms with Crippen LogP contribution in [0.15, 0.2) is 0 Å². The average Bonchev–Trinajstić information content (AvgIpc) is 2.57. The van der Waals surface area contributed by atoms with Crippen LogP contribution in [0.4, 0.5) is 0 Å². The molecule has 1 saturated heterocycles. The minimum atomic E-state index is -0.199. The number of nitrogens with one attached hydrogen (secondary N) is 2. The minimum Gasteiger partial charge on any atom is -0.350 e. The summed E-state index contributed by atoms with van der Waals surface area (Å²) >= 11 is 0. The highest BCUT2D eigenvalue weighted by Gasteiger charge is 2.29. The summed E-state index contributed by atoms with van der Waals surface area (Å²) in [6.07, 6.45) is 1.66. The van der Waals surface area contributed by atoms with Gasteiger partial charge in [-0.25, -0.2) is 0 Å². The third-order valence-electron chi connectivity index (χ3n) is 3.30. The lowest BCUT2D eigenvalue weighted by molar-refractivity contribution is -0.128. The molecule has 98 valence electrons. The van der Waals surface area contributed by atoms with Crippen LogP contribution in [0.3, 0.4) is 0 Å². The molecule has 5 heteroatoms. The molecule has 0 radical (unpaired) electrons. The Balaban J connectivity index is 2.32. The van der Waals surface area contributed by atoms with Crippen LogP contribution in [-0.2, 0) is 9.59 Å². The fourth-order valence-electron chi connectivity index (χ4n) is 1.74. The van der Waals surface area contributed by atoms with E-state index in [-0.39, 0.29) is 29.9 Å². The van der Waals surface area contributed by atoms with Crippen LogP contribution in [-0.4, -0.2) is 48.4 Å². The largest absolute Gasteiger partial charge is 0.350 e. The molecule has 1 aliphatic heterocycles. The third-order valence-corrected chi connectivity index (χ3v) is 3.30. The second-order valence-corrected chi connectivity index (χ2v) is 5.27. The van der Waals surface area contributed by atoms with Crippen molar-refractivity contribution in [3.05, 3.63) is 0 Å². The number of carbonyl (C=O) groups excluding carboxylic acids is 2. The molecule has 1 atom stereocenters. The van der Waals surface area contributed by atoms with Gasteiger partial charge in [-0.15, -0.1) is 0 Å². The Kier molecular flexibility index (Phi) is 4.51. The van der Waals surface area contributed by atoms with E-state index in [2.05, 4.69) is 10.6 Å². The van der Waals surface area contributed by atoms with Gasteiger partial charge in [-0.1, -0.05) is 6.92 Å². The van der Waals surface area contributed by atoms with Crippen LogP contribution >= 0.6 is 0 Å². The average molecular weight is 241 g/mol. The van der Waals surface area contributed by atoms with Crippen LogP contribution in [0.1, 0.15) is 33.6 Å². The van der Waals surface area contributed by atoms with Crippen molar-refractivity contribution in [3.63, 3.8) is 0 Å². The lowest BCUT2D eigenvalue weighted by Gasteiger charge is -2.24. The van der Waals surface area contributed by atoms with Crippen LogP contribution in [0.2, 0.25) is 0 Å². The molecule has 1 heterocycles. The normalized spacial score (nSPS) is 20.8. The number of likely N-dealkylation sites (tertiary alicyclic amines) is 1. The van der Waals surface area contributed by atoms with E-state index in [0.717, 1.165) is 19.4 Å². The van der Waals surface area contributed by atoms with E-state index in [0.29, 0.717) is 0 Å². The number of likely N-dealkylation sites (N-methyl/N-ethyl adjacent to an activating group) is 1. The van der Waals surface area contributed by atoms with E-state index < -0.39 is 0 Å². The molecule has 2 amide bonds. The lowest BCUT2D eigenvalue weighted by Crippen LogP contribution is -2.49. The Morgan fingerprint density at radius 3 is 2.65 bits per heavy atom. The fourth-order valence-corrected chi connectivity index (χ4v) is 1.74. The Hall–Kier alpha value is -1.10. The van der Waals surface area contributed by atoms with Crippen molar-refractivity contribution in [1.29, 1.82) is 0 Å². The third kappa shape index (κ3) is 4.00. The van der Waals surface area contributed by atoms with Gasteiger partial charge in [-0.3, -0.25) is 14.9 Å². The van der Waals surface area contributed by atoms with Gasteiger partial charge in [0, 0.05) is 19.1 Å². The molecule has 2 N–H and O–H groups in total. The number of hydrogen-bond donors (Lipinski definition) is 2. The second kappa shape index (κ2) is 5.49. The first kappa shape index (κ1) is 14.0. The first-order chi connectivity index (χ1) is 7.85. The van der Waals surface area contributed by atoms with Crippen LogP contribution < -0.4 is 10.6 Å². The van der Waals surface area contributed by atoms with Gasteiger partial charge in [0.2, 0.25) is 11.8 Å². The van der Waals surface area contributed by atoms with Crippen molar-refractivity contribution in [2.75, 3.05) is 20.1 Å². The summed E-state index contributed by atoms with van der Waals surface area (Å²) in [7, 11) is 1.78. The topological polar surface area (TPSA) is 61.4 Å². The summed E-state index contributed by atoms with van der Waals surface area (Å²) in [4.78, 5) is 24.9. The van der Waals surface area contributed by atoms with Gasteiger partial charge >= 0.3 is 0 Å². The van der Waals surface area contributed by atoms with Crippen molar-refractivity contribution in [3.8, 4) is 0 Å². The molecule has 1 fully saturated rings. The predicted molar refractivity (Wildman–Crippen MR) is 66.6 cm³/mol. The number of nitrogens with zero attached hydrogens (tertiary/aromatic N) is 1. The van der Waals surface area contributed by atoms with Crippen molar-refractivity contribution in [2.24, 2.45) is 0 Å². The zero-order valence-corrected chi connectivity index (χ0v) is 11.2. The molecule has 1 aliphatic rings. The molecule has 0 aromatic rings. The maximum absolute atomic E-state index is 11.7. The molecule has 0 saturated carbocycles. The Morgan fingerprint density at radius 2 is 2.18 bits per heavy atom. The molecule has 0 aromatic heterocycles. The monoisotopic (exact) mass is 241 g/mol. The Labute approximate surface area is 103 Å². The smallest absolute Gasteiger partial charge is 0.239 e. The van der Waals surface area contributed by atoms with Gasteiger partial charge in [-0.05, 0) is 26.7 Å². The van der Waals surface area contributed by atoms with Crippen molar-refractivity contribution in [1.82, 2.24) is 15.5 Å². The first-order valence-corrected chi connectivity index (χ1v) is 6.15.